The maximum Gasteiger partial charge on any atom is 0.326 e. The Morgan fingerprint density at radius 3 is 2.60 bits per heavy atom. The minimum Gasteiger partial charge on any atom is -0.399 e. The molecule has 0 unspecified atom stereocenters. The van der Waals surface area contributed by atoms with Gasteiger partial charge in [-0.15, -0.1) is 0 Å². The quantitative estimate of drug-likeness (QED) is 0.820. The third-order valence-electron chi connectivity index (χ3n) is 2.83. The number of nitrogens with one attached hydrogen (secondary N) is 1. The Bertz CT molecular complexity index is 658. The number of carbonyl (C=O) groups is 1. The summed E-state index contributed by atoms with van der Waals surface area (Å²) in [7, 11) is 1.66. The highest BCUT2D eigenvalue weighted by Gasteiger charge is 2.10. The van der Waals surface area contributed by atoms with Crippen molar-refractivity contribution < 1.29 is 4.79 Å². The number of nitrogen functional groups attached to an aromatic ring is 1. The summed E-state index contributed by atoms with van der Waals surface area (Å²) in [6.07, 6.45) is 0. The fourth-order valence-electron chi connectivity index (χ4n) is 1.69. The molecule has 2 aromatic rings. The van der Waals surface area contributed by atoms with Crippen LogP contribution in [0.5, 0.6) is 0 Å². The zero-order chi connectivity index (χ0) is 14.5. The number of anilines is 3. The van der Waals surface area contributed by atoms with E-state index in [-0.39, 0.29) is 6.03 Å². The molecule has 2 rings (SSSR count). The summed E-state index contributed by atoms with van der Waals surface area (Å²) in [4.78, 5) is 13.6. The zero-order valence-corrected chi connectivity index (χ0v) is 11.0. The van der Waals surface area contributed by atoms with Gasteiger partial charge in [-0.1, -0.05) is 6.07 Å². The van der Waals surface area contributed by atoms with Crippen LogP contribution in [0.3, 0.4) is 0 Å². The molecule has 0 radical (unpaired) electrons. The molecule has 0 atom stereocenters. The molecule has 0 fully saturated rings. The molecule has 0 aromatic heterocycles. The van der Waals surface area contributed by atoms with Gasteiger partial charge in [0.05, 0.1) is 11.6 Å². The van der Waals surface area contributed by atoms with Crippen LogP contribution in [0, 0.1) is 11.3 Å². The number of nitrogens with two attached hydrogens (primary N) is 1. The first kappa shape index (κ1) is 13.4. The lowest BCUT2D eigenvalue weighted by molar-refractivity contribution is 0.258. The highest BCUT2D eigenvalue weighted by Crippen LogP contribution is 2.17. The number of nitriles is 1. The average molecular weight is 266 g/mol. The molecule has 5 nitrogen and oxygen atoms in total. The summed E-state index contributed by atoms with van der Waals surface area (Å²) in [5.74, 6) is 0. The van der Waals surface area contributed by atoms with E-state index in [0.717, 1.165) is 5.69 Å². The van der Waals surface area contributed by atoms with E-state index in [2.05, 4.69) is 5.32 Å². The van der Waals surface area contributed by atoms with Crippen molar-refractivity contribution >= 4 is 23.1 Å². The monoisotopic (exact) mass is 266 g/mol. The number of hydrogen-bond acceptors (Lipinski definition) is 3. The van der Waals surface area contributed by atoms with E-state index in [0.29, 0.717) is 16.9 Å². The lowest BCUT2D eigenvalue weighted by atomic mass is 10.2. The van der Waals surface area contributed by atoms with E-state index in [1.165, 1.54) is 4.90 Å². The molecule has 0 aliphatic heterocycles. The highest BCUT2D eigenvalue weighted by molar-refractivity contribution is 6.01. The molecule has 2 amide bonds. The number of benzene rings is 2. The summed E-state index contributed by atoms with van der Waals surface area (Å²) in [5.41, 5.74) is 8.06. The predicted octanol–water partition coefficient (Wildman–Crippen LogP) is 2.81. The van der Waals surface area contributed by atoms with Crippen LogP contribution >= 0.6 is 0 Å². The standard InChI is InChI=1S/C15H14N4O/c1-19(14-7-5-12(17)6-8-14)15(20)18-13-4-2-3-11(9-13)10-16/h2-9H,17H2,1H3,(H,18,20). The molecule has 0 spiro atoms. The zero-order valence-electron chi connectivity index (χ0n) is 11.0. The summed E-state index contributed by atoms with van der Waals surface area (Å²) in [5, 5.41) is 11.6. The molecular weight excluding hydrogens is 252 g/mol. The average Bonchev–Trinajstić information content (AvgIpc) is 2.47. The topological polar surface area (TPSA) is 82.2 Å². The van der Waals surface area contributed by atoms with Crippen molar-refractivity contribution in [1.29, 1.82) is 5.26 Å². The number of hydrogen-bond donors (Lipinski definition) is 2. The van der Waals surface area contributed by atoms with Crippen LogP contribution in [0.1, 0.15) is 5.56 Å². The van der Waals surface area contributed by atoms with Crippen molar-refractivity contribution in [3.8, 4) is 6.07 Å². The molecule has 0 heterocycles. The molecule has 0 aliphatic rings. The van der Waals surface area contributed by atoms with Gasteiger partial charge < -0.3 is 11.1 Å². The van der Waals surface area contributed by atoms with Crippen LogP contribution < -0.4 is 16.0 Å². The number of nitrogens with zero attached hydrogens (tertiary/aromatic N) is 2. The second-order valence-corrected chi connectivity index (χ2v) is 4.27. The van der Waals surface area contributed by atoms with Crippen LogP contribution in [0.4, 0.5) is 21.9 Å². The Hall–Kier alpha value is -3.00. The number of rotatable bonds is 2. The van der Waals surface area contributed by atoms with Crippen LogP contribution in [0.25, 0.3) is 0 Å². The lowest BCUT2D eigenvalue weighted by Gasteiger charge is -2.18. The second-order valence-electron chi connectivity index (χ2n) is 4.27. The SMILES string of the molecule is CN(C(=O)Nc1cccc(C#N)c1)c1ccc(N)cc1. The van der Waals surface area contributed by atoms with Gasteiger partial charge in [0.2, 0.25) is 0 Å². The molecule has 3 N–H and O–H groups in total. The Morgan fingerprint density at radius 2 is 1.95 bits per heavy atom. The van der Waals surface area contributed by atoms with Crippen LogP contribution in [0.2, 0.25) is 0 Å². The first-order chi connectivity index (χ1) is 9.60. The first-order valence-electron chi connectivity index (χ1n) is 6.00. The highest BCUT2D eigenvalue weighted by atomic mass is 16.2. The van der Waals surface area contributed by atoms with Crippen molar-refractivity contribution in [2.45, 2.75) is 0 Å². The van der Waals surface area contributed by atoms with Crippen molar-refractivity contribution in [3.63, 3.8) is 0 Å². The lowest BCUT2D eigenvalue weighted by Crippen LogP contribution is -2.31. The molecular formula is C15H14N4O. The maximum absolute atomic E-state index is 12.1. The minimum absolute atomic E-state index is 0.287. The van der Waals surface area contributed by atoms with Crippen LogP contribution in [-0.4, -0.2) is 13.1 Å². The number of amides is 2. The molecule has 5 heteroatoms. The van der Waals surface area contributed by atoms with Gasteiger partial charge >= 0.3 is 6.03 Å². The summed E-state index contributed by atoms with van der Waals surface area (Å²) < 4.78 is 0. The fourth-order valence-corrected chi connectivity index (χ4v) is 1.69. The minimum atomic E-state index is -0.287. The normalized spacial score (nSPS) is 9.60. The van der Waals surface area contributed by atoms with E-state index in [9.17, 15) is 4.79 Å². The van der Waals surface area contributed by atoms with Gasteiger partial charge in [0.25, 0.3) is 0 Å². The van der Waals surface area contributed by atoms with E-state index >= 15 is 0 Å². The predicted molar refractivity (Wildman–Crippen MR) is 79.4 cm³/mol. The molecule has 2 aromatic carbocycles. The summed E-state index contributed by atoms with van der Waals surface area (Å²) in [6.45, 7) is 0. The van der Waals surface area contributed by atoms with E-state index in [4.69, 9.17) is 11.0 Å². The number of urea groups is 1. The third kappa shape index (κ3) is 3.06. The van der Waals surface area contributed by atoms with Gasteiger partial charge in [0.15, 0.2) is 0 Å². The summed E-state index contributed by atoms with van der Waals surface area (Å²) in [6, 6.07) is 15.5. The van der Waals surface area contributed by atoms with Gasteiger partial charge in [-0.3, -0.25) is 4.90 Å². The molecule has 20 heavy (non-hydrogen) atoms. The molecule has 0 bridgehead atoms. The van der Waals surface area contributed by atoms with E-state index < -0.39 is 0 Å². The Balaban J connectivity index is 2.11. The largest absolute Gasteiger partial charge is 0.399 e. The molecule has 0 aliphatic carbocycles. The Morgan fingerprint density at radius 1 is 1.25 bits per heavy atom. The van der Waals surface area contributed by atoms with Crippen LogP contribution in [-0.2, 0) is 0 Å². The summed E-state index contributed by atoms with van der Waals surface area (Å²) >= 11 is 0. The maximum atomic E-state index is 12.1. The Kier molecular flexibility index (Phi) is 3.87. The van der Waals surface area contributed by atoms with Gasteiger partial charge in [0.1, 0.15) is 0 Å². The molecule has 0 saturated heterocycles. The fraction of sp³-hybridized carbons (Fsp3) is 0.0667. The van der Waals surface area contributed by atoms with Crippen molar-refractivity contribution in [2.24, 2.45) is 0 Å². The third-order valence-corrected chi connectivity index (χ3v) is 2.83. The van der Waals surface area contributed by atoms with Gasteiger partial charge in [-0.2, -0.15) is 5.26 Å². The van der Waals surface area contributed by atoms with E-state index in [1.807, 2.05) is 6.07 Å². The van der Waals surface area contributed by atoms with E-state index in [1.54, 1.807) is 55.6 Å². The van der Waals surface area contributed by atoms with Gasteiger partial charge in [0, 0.05) is 24.1 Å². The second kappa shape index (κ2) is 5.76. The van der Waals surface area contributed by atoms with Crippen LogP contribution in [0.15, 0.2) is 48.5 Å². The van der Waals surface area contributed by atoms with Crippen molar-refractivity contribution in [1.82, 2.24) is 0 Å². The first-order valence-corrected chi connectivity index (χ1v) is 6.00. The van der Waals surface area contributed by atoms with Gasteiger partial charge in [-0.05, 0) is 42.5 Å². The Labute approximate surface area is 117 Å². The number of carbonyl (C=O) groups excluding carboxylic acids is 1. The smallest absolute Gasteiger partial charge is 0.326 e. The van der Waals surface area contributed by atoms with Crippen molar-refractivity contribution in [3.05, 3.63) is 54.1 Å². The molecule has 0 saturated carbocycles. The van der Waals surface area contributed by atoms with Gasteiger partial charge in [-0.25, -0.2) is 4.79 Å². The van der Waals surface area contributed by atoms with Crippen molar-refractivity contribution in [2.75, 3.05) is 23.0 Å². The molecule has 100 valence electrons.